The molecule has 2 aromatic carbocycles. The number of rotatable bonds is 6. The molecule has 0 heterocycles. The predicted molar refractivity (Wildman–Crippen MR) is 85.4 cm³/mol. The summed E-state index contributed by atoms with van der Waals surface area (Å²) in [5.41, 5.74) is 7.83. The molecule has 0 aliphatic heterocycles. The standard InChI is InChI=1S/C17H17N3O2/c18-11-9-13-5-7-14(8-6-13)22-12-10-17(21)20-16-4-2-1-3-15(16)19/h1-8H,9-10,12,19H2,(H,20,21). The van der Waals surface area contributed by atoms with Crippen molar-refractivity contribution in [2.24, 2.45) is 0 Å². The lowest BCUT2D eigenvalue weighted by Crippen LogP contribution is -2.16. The zero-order valence-corrected chi connectivity index (χ0v) is 12.1. The van der Waals surface area contributed by atoms with Crippen molar-refractivity contribution in [2.75, 3.05) is 17.7 Å². The molecule has 0 saturated carbocycles. The summed E-state index contributed by atoms with van der Waals surface area (Å²) in [4.78, 5) is 11.8. The van der Waals surface area contributed by atoms with Gasteiger partial charge in [0.1, 0.15) is 5.75 Å². The maximum atomic E-state index is 11.8. The quantitative estimate of drug-likeness (QED) is 0.802. The third kappa shape index (κ3) is 4.53. The number of amides is 1. The van der Waals surface area contributed by atoms with E-state index in [1.165, 1.54) is 0 Å². The van der Waals surface area contributed by atoms with Gasteiger partial charge in [0.2, 0.25) is 5.91 Å². The Morgan fingerprint density at radius 1 is 1.18 bits per heavy atom. The molecule has 0 aliphatic rings. The van der Waals surface area contributed by atoms with Crippen molar-refractivity contribution in [1.82, 2.24) is 0 Å². The number of hydrogen-bond acceptors (Lipinski definition) is 4. The molecule has 112 valence electrons. The second-order valence-electron chi connectivity index (χ2n) is 4.71. The Kier molecular flexibility index (Phi) is 5.38. The highest BCUT2D eigenvalue weighted by Gasteiger charge is 2.05. The van der Waals surface area contributed by atoms with Crippen molar-refractivity contribution >= 4 is 17.3 Å². The van der Waals surface area contributed by atoms with Crippen LogP contribution in [-0.4, -0.2) is 12.5 Å². The molecule has 0 spiro atoms. The lowest BCUT2D eigenvalue weighted by atomic mass is 10.2. The number of nitrogen functional groups attached to an aromatic ring is 1. The minimum absolute atomic E-state index is 0.154. The molecule has 1 amide bonds. The first-order valence-corrected chi connectivity index (χ1v) is 6.92. The van der Waals surface area contributed by atoms with E-state index in [1.807, 2.05) is 24.3 Å². The molecular formula is C17H17N3O2. The van der Waals surface area contributed by atoms with Gasteiger partial charge in [0.15, 0.2) is 0 Å². The number of nitrogens with two attached hydrogens (primary N) is 1. The van der Waals surface area contributed by atoms with Crippen molar-refractivity contribution < 1.29 is 9.53 Å². The fraction of sp³-hybridized carbons (Fsp3) is 0.176. The molecule has 3 N–H and O–H groups in total. The van der Waals surface area contributed by atoms with E-state index in [4.69, 9.17) is 15.7 Å². The second kappa shape index (κ2) is 7.70. The third-order valence-corrected chi connectivity index (χ3v) is 3.04. The van der Waals surface area contributed by atoms with Gasteiger partial charge >= 0.3 is 0 Å². The van der Waals surface area contributed by atoms with E-state index in [0.717, 1.165) is 5.56 Å². The van der Waals surface area contributed by atoms with Gasteiger partial charge in [-0.3, -0.25) is 4.79 Å². The number of nitrogens with one attached hydrogen (secondary N) is 1. The number of ether oxygens (including phenoxy) is 1. The Labute approximate surface area is 129 Å². The molecule has 0 radical (unpaired) electrons. The Balaban J connectivity index is 1.77. The summed E-state index contributed by atoms with van der Waals surface area (Å²) in [6.07, 6.45) is 0.607. The van der Waals surface area contributed by atoms with Crippen LogP contribution in [-0.2, 0) is 11.2 Å². The van der Waals surface area contributed by atoms with Crippen LogP contribution in [0.4, 0.5) is 11.4 Å². The average Bonchev–Trinajstić information content (AvgIpc) is 2.52. The van der Waals surface area contributed by atoms with Gasteiger partial charge in [0.05, 0.1) is 36.9 Å². The maximum absolute atomic E-state index is 11.8. The molecule has 5 nitrogen and oxygen atoms in total. The Morgan fingerprint density at radius 3 is 2.59 bits per heavy atom. The topological polar surface area (TPSA) is 88.1 Å². The lowest BCUT2D eigenvalue weighted by Gasteiger charge is -2.09. The van der Waals surface area contributed by atoms with E-state index in [2.05, 4.69) is 11.4 Å². The summed E-state index contributed by atoms with van der Waals surface area (Å²) in [5, 5.41) is 11.3. The number of nitriles is 1. The van der Waals surface area contributed by atoms with Crippen molar-refractivity contribution in [3.05, 3.63) is 54.1 Å². The molecule has 0 unspecified atom stereocenters. The molecule has 0 fully saturated rings. The highest BCUT2D eigenvalue weighted by Crippen LogP contribution is 2.17. The lowest BCUT2D eigenvalue weighted by molar-refractivity contribution is -0.116. The van der Waals surface area contributed by atoms with Crippen molar-refractivity contribution in [2.45, 2.75) is 12.8 Å². The van der Waals surface area contributed by atoms with Gasteiger partial charge in [0, 0.05) is 0 Å². The maximum Gasteiger partial charge on any atom is 0.227 e. The van der Waals surface area contributed by atoms with E-state index >= 15 is 0 Å². The van der Waals surface area contributed by atoms with Crippen LogP contribution in [0.25, 0.3) is 0 Å². The number of carbonyl (C=O) groups is 1. The van der Waals surface area contributed by atoms with Gasteiger partial charge < -0.3 is 15.8 Å². The van der Waals surface area contributed by atoms with E-state index in [1.54, 1.807) is 24.3 Å². The molecule has 5 heteroatoms. The molecule has 2 rings (SSSR count). The van der Waals surface area contributed by atoms with Gasteiger partial charge in [-0.2, -0.15) is 5.26 Å². The minimum Gasteiger partial charge on any atom is -0.493 e. The SMILES string of the molecule is N#CCc1ccc(OCCC(=O)Nc2ccccc2N)cc1. The zero-order chi connectivity index (χ0) is 15.8. The number of carbonyl (C=O) groups excluding carboxylic acids is 1. The fourth-order valence-corrected chi connectivity index (χ4v) is 1.88. The van der Waals surface area contributed by atoms with E-state index in [9.17, 15) is 4.79 Å². The van der Waals surface area contributed by atoms with E-state index < -0.39 is 0 Å². The molecule has 0 atom stereocenters. The van der Waals surface area contributed by atoms with Gasteiger partial charge in [-0.1, -0.05) is 24.3 Å². The number of anilines is 2. The van der Waals surface area contributed by atoms with E-state index in [-0.39, 0.29) is 18.9 Å². The van der Waals surface area contributed by atoms with Crippen LogP contribution in [0.2, 0.25) is 0 Å². The van der Waals surface area contributed by atoms with Gasteiger partial charge in [-0.25, -0.2) is 0 Å². The predicted octanol–water partition coefficient (Wildman–Crippen LogP) is 2.74. The molecule has 0 aliphatic carbocycles. The van der Waals surface area contributed by atoms with Gasteiger partial charge in [-0.05, 0) is 29.8 Å². The fourth-order valence-electron chi connectivity index (χ4n) is 1.88. The monoisotopic (exact) mass is 295 g/mol. The number of hydrogen-bond donors (Lipinski definition) is 2. The molecule has 22 heavy (non-hydrogen) atoms. The highest BCUT2D eigenvalue weighted by atomic mass is 16.5. The Hall–Kier alpha value is -3.00. The largest absolute Gasteiger partial charge is 0.493 e. The summed E-state index contributed by atoms with van der Waals surface area (Å²) < 4.78 is 5.50. The summed E-state index contributed by atoms with van der Waals surface area (Å²) in [7, 11) is 0. The van der Waals surface area contributed by atoms with Gasteiger partial charge in [0.25, 0.3) is 0 Å². The van der Waals surface area contributed by atoms with Crippen LogP contribution in [0.15, 0.2) is 48.5 Å². The summed E-state index contributed by atoms with van der Waals surface area (Å²) in [6, 6.07) is 16.4. The second-order valence-corrected chi connectivity index (χ2v) is 4.71. The summed E-state index contributed by atoms with van der Waals surface area (Å²) in [5.74, 6) is 0.521. The average molecular weight is 295 g/mol. The van der Waals surface area contributed by atoms with Crippen LogP contribution in [0.1, 0.15) is 12.0 Å². The molecule has 0 saturated heterocycles. The molecular weight excluding hydrogens is 278 g/mol. The van der Waals surface area contributed by atoms with Crippen LogP contribution in [0, 0.1) is 11.3 Å². The molecule has 2 aromatic rings. The zero-order valence-electron chi connectivity index (χ0n) is 12.1. The van der Waals surface area contributed by atoms with Crippen LogP contribution in [0.3, 0.4) is 0 Å². The normalized spacial score (nSPS) is 9.77. The minimum atomic E-state index is -0.154. The van der Waals surface area contributed by atoms with Crippen LogP contribution >= 0.6 is 0 Å². The van der Waals surface area contributed by atoms with Crippen LogP contribution < -0.4 is 15.8 Å². The first-order valence-electron chi connectivity index (χ1n) is 6.92. The summed E-state index contributed by atoms with van der Waals surface area (Å²) in [6.45, 7) is 0.274. The Morgan fingerprint density at radius 2 is 1.91 bits per heavy atom. The van der Waals surface area contributed by atoms with Crippen molar-refractivity contribution in [1.29, 1.82) is 5.26 Å². The van der Waals surface area contributed by atoms with Crippen molar-refractivity contribution in [3.63, 3.8) is 0 Å². The smallest absolute Gasteiger partial charge is 0.227 e. The van der Waals surface area contributed by atoms with Gasteiger partial charge in [-0.15, -0.1) is 0 Å². The summed E-state index contributed by atoms with van der Waals surface area (Å²) >= 11 is 0. The van der Waals surface area contributed by atoms with Crippen molar-refractivity contribution in [3.8, 4) is 11.8 Å². The number of para-hydroxylation sites is 2. The number of benzene rings is 2. The first-order chi connectivity index (χ1) is 10.7. The van der Waals surface area contributed by atoms with Crippen LogP contribution in [0.5, 0.6) is 5.75 Å². The highest BCUT2D eigenvalue weighted by molar-refractivity contribution is 5.93. The Bertz CT molecular complexity index is 675. The third-order valence-electron chi connectivity index (χ3n) is 3.04. The number of nitrogens with zero attached hydrogens (tertiary/aromatic N) is 1. The molecule has 0 aromatic heterocycles. The molecule has 0 bridgehead atoms. The van der Waals surface area contributed by atoms with E-state index in [0.29, 0.717) is 23.5 Å². The first kappa shape index (κ1) is 15.4.